The van der Waals surface area contributed by atoms with Crippen LogP contribution in [0.2, 0.25) is 0 Å². The van der Waals surface area contributed by atoms with Crippen molar-refractivity contribution in [2.75, 3.05) is 0 Å². The zero-order valence-corrected chi connectivity index (χ0v) is 25.2. The number of imidazole rings is 1. The van der Waals surface area contributed by atoms with Gasteiger partial charge >= 0.3 is 89.1 Å². The van der Waals surface area contributed by atoms with Gasteiger partial charge in [0.15, 0.2) is 0 Å². The predicted octanol–water partition coefficient (Wildman–Crippen LogP) is 11.1. The first-order valence-corrected chi connectivity index (χ1v) is 13.1. The van der Waals surface area contributed by atoms with E-state index in [4.69, 9.17) is 0 Å². The minimum Gasteiger partial charge on any atom is -0.236 e. The molecule has 0 atom stereocenters. The Balaban J connectivity index is 3.83. The van der Waals surface area contributed by atoms with Crippen LogP contribution in [-0.4, -0.2) is 93.7 Å². The van der Waals surface area contributed by atoms with Gasteiger partial charge in [-0.05, 0) is 6.42 Å². The first kappa shape index (κ1) is 50.8. The van der Waals surface area contributed by atoms with Crippen molar-refractivity contribution in [3.05, 3.63) is 25.3 Å². The highest BCUT2D eigenvalue weighted by molar-refractivity contribution is 5.21. The molecule has 0 N–H and O–H groups in total. The molecule has 2 nitrogen and oxygen atoms in total. The SMILES string of the molecule is C=C[n+]1ccn(CCCC(F)(F)C(F)(F)C(F)(F)C(F)(F)C(F)(F)C(F)(F)C(F)(F)C(F)(F)C(F)(F)C(F)(F)C(F)(F)C(F)(F)C(F)(F)C(F)(F)C(F)(F)F)c1. The van der Waals surface area contributed by atoms with Crippen molar-refractivity contribution in [3.63, 3.8) is 0 Å². The van der Waals surface area contributed by atoms with E-state index in [1.54, 1.807) is 0 Å². The van der Waals surface area contributed by atoms with Gasteiger partial charge in [-0.2, -0.15) is 136 Å². The molecule has 33 heteroatoms. The molecule has 1 aromatic rings. The van der Waals surface area contributed by atoms with Crippen LogP contribution >= 0.6 is 0 Å². The summed E-state index contributed by atoms with van der Waals surface area (Å²) in [5, 5.41) is 0. The van der Waals surface area contributed by atoms with Crippen LogP contribution in [-0.2, 0) is 6.54 Å². The Kier molecular flexibility index (Phi) is 12.2. The maximum atomic E-state index is 14.1. The molecule has 56 heavy (non-hydrogen) atoms. The van der Waals surface area contributed by atoms with Crippen LogP contribution in [0.5, 0.6) is 0 Å². The lowest BCUT2D eigenvalue weighted by Gasteiger charge is -2.46. The Bertz CT molecular complexity index is 1560. The summed E-state index contributed by atoms with van der Waals surface area (Å²) in [4.78, 5) is 0. The van der Waals surface area contributed by atoms with E-state index < -0.39 is 108 Å². The molecular formula is C23H12F31N2+. The van der Waals surface area contributed by atoms with Crippen molar-refractivity contribution in [2.24, 2.45) is 0 Å². The summed E-state index contributed by atoms with van der Waals surface area (Å²) in [6, 6.07) is 0. The molecule has 330 valence electrons. The highest BCUT2D eigenvalue weighted by atomic mass is 19.4. The van der Waals surface area contributed by atoms with Crippen LogP contribution in [0.25, 0.3) is 6.20 Å². The fourth-order valence-electron chi connectivity index (χ4n) is 3.87. The predicted molar refractivity (Wildman–Crippen MR) is 116 cm³/mol. The van der Waals surface area contributed by atoms with Crippen LogP contribution in [0.4, 0.5) is 136 Å². The van der Waals surface area contributed by atoms with E-state index in [1.807, 2.05) is 0 Å². The normalized spacial score (nSPS) is 16.4. The molecule has 1 heterocycles. The van der Waals surface area contributed by atoms with Crippen LogP contribution < -0.4 is 4.57 Å². The summed E-state index contributed by atoms with van der Waals surface area (Å²) in [6.07, 6.45) is -9.20. The molecule has 1 rings (SSSR count). The molecule has 0 fully saturated rings. The Labute approximate surface area is 286 Å². The third-order valence-corrected chi connectivity index (χ3v) is 7.38. The second-order valence-electron chi connectivity index (χ2n) is 11.1. The Morgan fingerprint density at radius 2 is 0.643 bits per heavy atom. The van der Waals surface area contributed by atoms with Gasteiger partial charge in [0.1, 0.15) is 12.4 Å². The number of nitrogens with zero attached hydrogens (tertiary/aromatic N) is 2. The zero-order chi connectivity index (χ0) is 45.6. The fourth-order valence-corrected chi connectivity index (χ4v) is 3.87. The summed E-state index contributed by atoms with van der Waals surface area (Å²) in [5.41, 5.74) is 0. The van der Waals surface area contributed by atoms with E-state index in [2.05, 4.69) is 6.58 Å². The molecule has 0 aliphatic rings. The van der Waals surface area contributed by atoms with Crippen LogP contribution in [0.1, 0.15) is 12.8 Å². The first-order chi connectivity index (χ1) is 24.0. The molecule has 0 saturated carbocycles. The van der Waals surface area contributed by atoms with E-state index in [9.17, 15) is 136 Å². The molecule has 1 aromatic heterocycles. The summed E-state index contributed by atoms with van der Waals surface area (Å²) in [7, 11) is 0. The number of aryl methyl sites for hydroxylation is 1. The fraction of sp³-hybridized carbons (Fsp3) is 0.783. The van der Waals surface area contributed by atoms with Crippen molar-refractivity contribution in [2.45, 2.75) is 108 Å². The van der Waals surface area contributed by atoms with Gasteiger partial charge in [-0.3, -0.25) is 0 Å². The molecule has 0 aromatic carbocycles. The summed E-state index contributed by atoms with van der Waals surface area (Å²) in [6.45, 7) is 2.11. The molecule has 0 saturated heterocycles. The van der Waals surface area contributed by atoms with Gasteiger partial charge in [-0.25, -0.2) is 9.13 Å². The van der Waals surface area contributed by atoms with Crippen molar-refractivity contribution in [3.8, 4) is 0 Å². The van der Waals surface area contributed by atoms with E-state index in [-0.39, 0.29) is 0 Å². The number of halogens is 31. The number of hydrogen-bond donors (Lipinski definition) is 0. The monoisotopic (exact) mass is 905 g/mol. The van der Waals surface area contributed by atoms with E-state index in [0.717, 1.165) is 29.5 Å². The average molecular weight is 905 g/mol. The smallest absolute Gasteiger partial charge is 0.236 e. The quantitative estimate of drug-likeness (QED) is 0.103. The van der Waals surface area contributed by atoms with Gasteiger partial charge in [0.2, 0.25) is 6.33 Å². The van der Waals surface area contributed by atoms with Crippen LogP contribution in [0, 0.1) is 0 Å². The van der Waals surface area contributed by atoms with Crippen LogP contribution in [0.3, 0.4) is 0 Å². The van der Waals surface area contributed by atoms with Gasteiger partial charge in [0.25, 0.3) is 0 Å². The molecule has 0 bridgehead atoms. The van der Waals surface area contributed by atoms with Crippen molar-refractivity contribution < 1.29 is 141 Å². The van der Waals surface area contributed by atoms with E-state index >= 15 is 0 Å². The summed E-state index contributed by atoms with van der Waals surface area (Å²) < 4.78 is 424. The third-order valence-electron chi connectivity index (χ3n) is 7.38. The minimum absolute atomic E-state index is 0.694. The lowest BCUT2D eigenvalue weighted by atomic mass is 9.83. The van der Waals surface area contributed by atoms with Crippen LogP contribution in [0.15, 0.2) is 25.3 Å². The number of hydrogen-bond acceptors (Lipinski definition) is 0. The first-order valence-electron chi connectivity index (χ1n) is 13.1. The molecular weight excluding hydrogens is 893 g/mol. The van der Waals surface area contributed by atoms with Gasteiger partial charge in [-0.1, -0.05) is 6.58 Å². The highest BCUT2D eigenvalue weighted by Crippen LogP contribution is 2.69. The number of aromatic nitrogens is 2. The minimum atomic E-state index is -10.1. The molecule has 0 spiro atoms. The largest absolute Gasteiger partial charge is 0.460 e. The zero-order valence-electron chi connectivity index (χ0n) is 25.2. The van der Waals surface area contributed by atoms with Gasteiger partial charge < -0.3 is 0 Å². The lowest BCUT2D eigenvalue weighted by Crippen LogP contribution is -2.79. The lowest BCUT2D eigenvalue weighted by molar-refractivity contribution is -0.567. The van der Waals surface area contributed by atoms with Crippen molar-refractivity contribution in [1.82, 2.24) is 4.57 Å². The van der Waals surface area contributed by atoms with Crippen molar-refractivity contribution >= 4 is 6.20 Å². The number of alkyl halides is 31. The Morgan fingerprint density at radius 1 is 0.393 bits per heavy atom. The van der Waals surface area contributed by atoms with E-state index in [1.165, 1.54) is 0 Å². The molecule has 0 unspecified atom stereocenters. The summed E-state index contributed by atoms with van der Waals surface area (Å²) in [5.74, 6) is -131. The topological polar surface area (TPSA) is 8.81 Å². The van der Waals surface area contributed by atoms with Crippen molar-refractivity contribution in [1.29, 1.82) is 0 Å². The standard InChI is InChI=1S/C23H12F31N2/c1-2-55-6-7-56(8-55)5-3-4-9(24,25)10(26,27)11(28,29)12(30,31)13(32,33)14(34,35)15(36,37)16(38,39)17(40,41)18(42,43)19(44,45)20(46,47)21(48,49)22(50,51)23(52,53)54/h2,6-8H,1,3-5H2/q+1. The van der Waals surface area contributed by atoms with Gasteiger partial charge in [-0.15, -0.1) is 0 Å². The molecule has 0 aliphatic carbocycles. The van der Waals surface area contributed by atoms with Gasteiger partial charge in [0, 0.05) is 6.42 Å². The molecule has 0 aliphatic heterocycles. The number of rotatable bonds is 18. The maximum Gasteiger partial charge on any atom is 0.460 e. The summed E-state index contributed by atoms with van der Waals surface area (Å²) >= 11 is 0. The third kappa shape index (κ3) is 6.35. The van der Waals surface area contributed by atoms with E-state index in [0.29, 0.717) is 4.57 Å². The highest BCUT2D eigenvalue weighted by Gasteiger charge is 3.01. The average Bonchev–Trinajstić information content (AvgIpc) is 3.46. The second-order valence-corrected chi connectivity index (χ2v) is 11.1. The Morgan fingerprint density at radius 3 is 0.875 bits per heavy atom. The molecule has 0 radical (unpaired) electrons. The second kappa shape index (κ2) is 13.4. The Hall–Kier alpha value is -3.22. The van der Waals surface area contributed by atoms with Gasteiger partial charge in [0.05, 0.1) is 12.7 Å². The molecule has 0 amide bonds. The maximum absolute atomic E-state index is 14.1.